The molecule has 0 saturated heterocycles. The van der Waals surface area contributed by atoms with Gasteiger partial charge in [0.25, 0.3) is 0 Å². The van der Waals surface area contributed by atoms with E-state index in [9.17, 15) is 0 Å². The minimum absolute atomic E-state index is 0.191. The highest BCUT2D eigenvalue weighted by molar-refractivity contribution is 5.34. The molecular weight excluding hydrogens is 310 g/mol. The first-order chi connectivity index (χ1) is 12.1. The zero-order chi connectivity index (χ0) is 17.6. The molecule has 1 aliphatic rings. The van der Waals surface area contributed by atoms with Crippen molar-refractivity contribution in [3.63, 3.8) is 0 Å². The van der Waals surface area contributed by atoms with Crippen LogP contribution in [0.1, 0.15) is 62.0 Å². The molecule has 25 heavy (non-hydrogen) atoms. The van der Waals surface area contributed by atoms with E-state index in [4.69, 9.17) is 4.98 Å². The predicted octanol–water partition coefficient (Wildman–Crippen LogP) is 3.80. The second-order valence-corrected chi connectivity index (χ2v) is 7.04. The summed E-state index contributed by atoms with van der Waals surface area (Å²) >= 11 is 0. The predicted molar refractivity (Wildman–Crippen MR) is 102 cm³/mol. The van der Waals surface area contributed by atoms with E-state index in [1.165, 1.54) is 32.1 Å². The molecule has 1 saturated carbocycles. The van der Waals surface area contributed by atoms with Gasteiger partial charge in [-0.05, 0) is 38.8 Å². The Balaban J connectivity index is 1.64. The molecule has 1 N–H and O–H groups in total. The first kappa shape index (κ1) is 17.8. The van der Waals surface area contributed by atoms with E-state index in [1.54, 1.807) is 0 Å². The van der Waals surface area contributed by atoms with Crippen molar-refractivity contribution < 1.29 is 0 Å². The average Bonchev–Trinajstić information content (AvgIpc) is 2.67. The molecular formula is C20H29N5. The van der Waals surface area contributed by atoms with Gasteiger partial charge in [-0.2, -0.15) is 0 Å². The summed E-state index contributed by atoms with van der Waals surface area (Å²) in [5.41, 5.74) is 3.24. The summed E-state index contributed by atoms with van der Waals surface area (Å²) in [7, 11) is 2.13. The summed E-state index contributed by atoms with van der Waals surface area (Å²) in [5, 5.41) is 3.51. The maximum atomic E-state index is 4.78. The lowest BCUT2D eigenvalue weighted by Crippen LogP contribution is -2.34. The summed E-state index contributed by atoms with van der Waals surface area (Å²) in [6.45, 7) is 4.97. The van der Waals surface area contributed by atoms with Gasteiger partial charge in [0, 0.05) is 49.3 Å². The number of aromatic nitrogens is 3. The molecule has 1 fully saturated rings. The standard InChI is InChI=1S/C20H29N5/c1-15(22-13-17-9-7-8-12-21-17)19-14-23-20(24-16(19)2)25(3)18-10-5-4-6-11-18/h7-9,12,14-15,18,22H,4-6,10-11,13H2,1-3H3/t15-/m0/s1. The van der Waals surface area contributed by atoms with Gasteiger partial charge in [-0.1, -0.05) is 25.3 Å². The van der Waals surface area contributed by atoms with Gasteiger partial charge < -0.3 is 10.2 Å². The van der Waals surface area contributed by atoms with Gasteiger partial charge in [0.2, 0.25) is 5.95 Å². The van der Waals surface area contributed by atoms with Crippen LogP contribution in [0.5, 0.6) is 0 Å². The number of hydrogen-bond donors (Lipinski definition) is 1. The molecule has 2 aromatic heterocycles. The molecule has 5 heteroatoms. The fourth-order valence-corrected chi connectivity index (χ4v) is 3.56. The summed E-state index contributed by atoms with van der Waals surface area (Å²) < 4.78 is 0. The molecule has 3 rings (SSSR count). The van der Waals surface area contributed by atoms with Crippen LogP contribution in [0.4, 0.5) is 5.95 Å². The average molecular weight is 339 g/mol. The number of nitrogens with zero attached hydrogens (tertiary/aromatic N) is 4. The Morgan fingerprint density at radius 3 is 2.68 bits per heavy atom. The normalized spacial score (nSPS) is 16.6. The quantitative estimate of drug-likeness (QED) is 0.867. The van der Waals surface area contributed by atoms with Crippen molar-refractivity contribution in [2.75, 3.05) is 11.9 Å². The van der Waals surface area contributed by atoms with Crippen LogP contribution < -0.4 is 10.2 Å². The van der Waals surface area contributed by atoms with Gasteiger partial charge in [0.1, 0.15) is 0 Å². The van der Waals surface area contributed by atoms with Gasteiger partial charge in [-0.15, -0.1) is 0 Å². The van der Waals surface area contributed by atoms with Crippen LogP contribution in [0.25, 0.3) is 0 Å². The molecule has 2 aromatic rings. The topological polar surface area (TPSA) is 53.9 Å². The Morgan fingerprint density at radius 2 is 2.00 bits per heavy atom. The van der Waals surface area contributed by atoms with Crippen molar-refractivity contribution in [3.8, 4) is 0 Å². The Morgan fingerprint density at radius 1 is 1.20 bits per heavy atom. The Kier molecular flexibility index (Phi) is 5.97. The molecule has 0 unspecified atom stereocenters. The molecule has 1 aliphatic carbocycles. The number of aryl methyl sites for hydroxylation is 1. The third-order valence-corrected chi connectivity index (χ3v) is 5.22. The van der Waals surface area contributed by atoms with Crippen molar-refractivity contribution in [3.05, 3.63) is 47.5 Å². The van der Waals surface area contributed by atoms with E-state index in [2.05, 4.69) is 41.1 Å². The Labute approximate surface area is 150 Å². The zero-order valence-electron chi connectivity index (χ0n) is 15.6. The molecule has 1 atom stereocenters. The molecule has 134 valence electrons. The molecule has 0 spiro atoms. The second-order valence-electron chi connectivity index (χ2n) is 7.04. The molecule has 0 aromatic carbocycles. The molecule has 2 heterocycles. The lowest BCUT2D eigenvalue weighted by atomic mass is 9.95. The monoisotopic (exact) mass is 339 g/mol. The highest BCUT2D eigenvalue weighted by atomic mass is 15.3. The van der Waals surface area contributed by atoms with E-state index in [0.717, 1.165) is 29.4 Å². The van der Waals surface area contributed by atoms with Gasteiger partial charge in [-0.25, -0.2) is 9.97 Å². The SMILES string of the molecule is Cc1nc(N(C)C2CCCCC2)ncc1[C@H](C)NCc1ccccn1. The largest absolute Gasteiger partial charge is 0.341 e. The van der Waals surface area contributed by atoms with Crippen LogP contribution in [-0.4, -0.2) is 28.0 Å². The minimum atomic E-state index is 0.191. The van der Waals surface area contributed by atoms with Crippen molar-refractivity contribution >= 4 is 5.95 Å². The highest BCUT2D eigenvalue weighted by Crippen LogP contribution is 2.25. The fourth-order valence-electron chi connectivity index (χ4n) is 3.56. The molecule has 5 nitrogen and oxygen atoms in total. The summed E-state index contributed by atoms with van der Waals surface area (Å²) in [4.78, 5) is 16.1. The number of pyridine rings is 1. The van der Waals surface area contributed by atoms with Gasteiger partial charge in [0.05, 0.1) is 5.69 Å². The van der Waals surface area contributed by atoms with Crippen LogP contribution in [0.15, 0.2) is 30.6 Å². The van der Waals surface area contributed by atoms with Crippen LogP contribution in [0.3, 0.4) is 0 Å². The fraction of sp³-hybridized carbons (Fsp3) is 0.550. The van der Waals surface area contributed by atoms with E-state index in [-0.39, 0.29) is 6.04 Å². The number of nitrogens with one attached hydrogen (secondary N) is 1. The maximum Gasteiger partial charge on any atom is 0.225 e. The zero-order valence-corrected chi connectivity index (χ0v) is 15.6. The lowest BCUT2D eigenvalue weighted by molar-refractivity contribution is 0.423. The summed E-state index contributed by atoms with van der Waals surface area (Å²) in [6.07, 6.45) is 10.3. The first-order valence-electron chi connectivity index (χ1n) is 9.35. The van der Waals surface area contributed by atoms with Crippen LogP contribution in [0, 0.1) is 6.92 Å². The van der Waals surface area contributed by atoms with E-state index < -0.39 is 0 Å². The van der Waals surface area contributed by atoms with Crippen molar-refractivity contribution in [1.82, 2.24) is 20.3 Å². The maximum absolute atomic E-state index is 4.78. The molecule has 0 radical (unpaired) electrons. The van der Waals surface area contributed by atoms with E-state index >= 15 is 0 Å². The molecule has 0 amide bonds. The summed E-state index contributed by atoms with van der Waals surface area (Å²) in [5.74, 6) is 0.852. The van der Waals surface area contributed by atoms with E-state index in [0.29, 0.717) is 6.04 Å². The van der Waals surface area contributed by atoms with Crippen molar-refractivity contribution in [2.45, 2.75) is 64.6 Å². The number of hydrogen-bond acceptors (Lipinski definition) is 5. The van der Waals surface area contributed by atoms with Gasteiger partial charge >= 0.3 is 0 Å². The third kappa shape index (κ3) is 4.54. The Bertz CT molecular complexity index is 667. The first-order valence-corrected chi connectivity index (χ1v) is 9.35. The molecule has 0 bridgehead atoms. The highest BCUT2D eigenvalue weighted by Gasteiger charge is 2.21. The van der Waals surface area contributed by atoms with Crippen LogP contribution in [-0.2, 0) is 6.54 Å². The van der Waals surface area contributed by atoms with Gasteiger partial charge in [-0.3, -0.25) is 4.98 Å². The Hall–Kier alpha value is -2.01. The van der Waals surface area contributed by atoms with Crippen molar-refractivity contribution in [1.29, 1.82) is 0 Å². The molecule has 0 aliphatic heterocycles. The van der Waals surface area contributed by atoms with Crippen molar-refractivity contribution in [2.24, 2.45) is 0 Å². The van der Waals surface area contributed by atoms with Gasteiger partial charge in [0.15, 0.2) is 0 Å². The smallest absolute Gasteiger partial charge is 0.225 e. The summed E-state index contributed by atoms with van der Waals surface area (Å²) in [6, 6.07) is 6.76. The minimum Gasteiger partial charge on any atom is -0.341 e. The van der Waals surface area contributed by atoms with Crippen LogP contribution >= 0.6 is 0 Å². The lowest BCUT2D eigenvalue weighted by Gasteiger charge is -2.31. The second kappa shape index (κ2) is 8.39. The third-order valence-electron chi connectivity index (χ3n) is 5.22. The number of rotatable bonds is 6. The van der Waals surface area contributed by atoms with E-state index in [1.807, 2.05) is 30.6 Å². The number of anilines is 1. The van der Waals surface area contributed by atoms with Crippen LogP contribution in [0.2, 0.25) is 0 Å².